The van der Waals surface area contributed by atoms with E-state index in [0.29, 0.717) is 25.1 Å². The molecule has 0 spiro atoms. The van der Waals surface area contributed by atoms with Crippen LogP contribution in [0.3, 0.4) is 0 Å². The van der Waals surface area contributed by atoms with Crippen molar-refractivity contribution in [2.75, 3.05) is 17.2 Å². The Kier molecular flexibility index (Phi) is 7.61. The highest BCUT2D eigenvalue weighted by molar-refractivity contribution is 6.08. The van der Waals surface area contributed by atoms with E-state index >= 15 is 0 Å². The van der Waals surface area contributed by atoms with Gasteiger partial charge in [-0.2, -0.15) is 0 Å². The Morgan fingerprint density at radius 2 is 1.79 bits per heavy atom. The van der Waals surface area contributed by atoms with Gasteiger partial charge in [0.2, 0.25) is 0 Å². The number of aromatic nitrogens is 2. The number of ketones is 1. The van der Waals surface area contributed by atoms with Crippen molar-refractivity contribution in [2.45, 2.75) is 33.4 Å². The second-order valence-corrected chi connectivity index (χ2v) is 8.55. The van der Waals surface area contributed by atoms with Crippen LogP contribution in [-0.4, -0.2) is 28.2 Å². The van der Waals surface area contributed by atoms with Gasteiger partial charge in [0, 0.05) is 34.2 Å². The van der Waals surface area contributed by atoms with Crippen LogP contribution in [0.2, 0.25) is 0 Å². The van der Waals surface area contributed by atoms with Crippen molar-refractivity contribution in [3.8, 4) is 0 Å². The van der Waals surface area contributed by atoms with Crippen molar-refractivity contribution >= 4 is 23.1 Å². The van der Waals surface area contributed by atoms with Gasteiger partial charge < -0.3 is 20.9 Å². The Hall–Kier alpha value is -4.86. The lowest BCUT2D eigenvalue weighted by atomic mass is 9.96. The lowest BCUT2D eigenvalue weighted by molar-refractivity contribution is 0.0938. The summed E-state index contributed by atoms with van der Waals surface area (Å²) in [4.78, 5) is 69.0. The predicted octanol–water partition coefficient (Wildman–Crippen LogP) is 2.19. The highest BCUT2D eigenvalue weighted by Crippen LogP contribution is 2.26. The fraction of sp³-hybridized carbons (Fsp3) is 0.214. The minimum absolute atomic E-state index is 0. The van der Waals surface area contributed by atoms with Gasteiger partial charge in [0.25, 0.3) is 22.3 Å². The molecule has 10 nitrogen and oxygen atoms in total. The molecular weight excluding hydrogens is 486 g/mol. The van der Waals surface area contributed by atoms with Gasteiger partial charge in [0.1, 0.15) is 16.9 Å². The molecule has 0 fully saturated rings. The van der Waals surface area contributed by atoms with E-state index in [1.807, 2.05) is 32.0 Å². The smallest absolute Gasteiger partial charge is 0.287 e. The Balaban J connectivity index is 0.00000137. The lowest BCUT2D eigenvalue weighted by Gasteiger charge is -2.32. The van der Waals surface area contributed by atoms with E-state index in [2.05, 4.69) is 15.3 Å². The number of nitrogens with zero attached hydrogens (tertiary/aromatic N) is 2. The summed E-state index contributed by atoms with van der Waals surface area (Å²) in [5.74, 6) is -1.28. The average molecular weight is 518 g/mol. The van der Waals surface area contributed by atoms with Crippen LogP contribution in [0, 0.1) is 0 Å². The van der Waals surface area contributed by atoms with Crippen LogP contribution < -0.4 is 32.4 Å². The van der Waals surface area contributed by atoms with Crippen molar-refractivity contribution in [1.29, 1.82) is 0 Å². The number of rotatable bonds is 6. The van der Waals surface area contributed by atoms with Gasteiger partial charge >= 0.3 is 0 Å². The van der Waals surface area contributed by atoms with Crippen molar-refractivity contribution in [3.63, 3.8) is 0 Å². The molecule has 1 aromatic heterocycles. The third kappa shape index (κ3) is 5.01. The maximum absolute atomic E-state index is 12.6. The Bertz CT molecular complexity index is 1650. The van der Waals surface area contributed by atoms with Crippen molar-refractivity contribution < 1.29 is 12.4 Å². The minimum Gasteiger partial charge on any atom is -0.394 e. The maximum atomic E-state index is 12.6. The number of carbonyl (C=O) groups is 2. The summed E-state index contributed by atoms with van der Waals surface area (Å²) >= 11 is 0. The summed E-state index contributed by atoms with van der Waals surface area (Å²) < 4.78 is 0. The van der Waals surface area contributed by atoms with Gasteiger partial charge in [-0.25, -0.2) is 4.98 Å². The summed E-state index contributed by atoms with van der Waals surface area (Å²) in [6, 6.07) is 14.1. The number of nitrogen functional groups attached to an aromatic ring is 1. The van der Waals surface area contributed by atoms with E-state index < -0.39 is 28.1 Å². The first-order valence-electron chi connectivity index (χ1n) is 12.2. The van der Waals surface area contributed by atoms with Crippen LogP contribution in [0.4, 0.5) is 11.4 Å². The normalized spacial score (nSPS) is 12.3. The summed E-state index contributed by atoms with van der Waals surface area (Å²) in [7, 11) is 0. The molecule has 1 aliphatic heterocycles. The van der Waals surface area contributed by atoms with Crippen LogP contribution in [0.1, 0.15) is 59.9 Å². The number of fused-ring (bicyclic) bond motifs is 1. The van der Waals surface area contributed by atoms with Crippen LogP contribution >= 0.6 is 0 Å². The summed E-state index contributed by atoms with van der Waals surface area (Å²) in [6.07, 6.45) is 1.79. The SMILES string of the molecule is CC.Nc1c(N2CCc3ccc(CNC(=O)c4ncc(C(=O)c5ccccc5)c(=O)[nH]4)cc3C2)c(=O)c1=O.[HH].[HH]. The highest BCUT2D eigenvalue weighted by Gasteiger charge is 2.27. The maximum Gasteiger partial charge on any atom is 0.287 e. The topological polar surface area (TPSA) is 155 Å². The zero-order valence-corrected chi connectivity index (χ0v) is 21.0. The van der Waals surface area contributed by atoms with E-state index in [1.165, 1.54) is 0 Å². The molecule has 0 atom stereocenters. The Morgan fingerprint density at radius 3 is 2.47 bits per heavy atom. The number of nitrogens with one attached hydrogen (secondary N) is 2. The predicted molar refractivity (Wildman–Crippen MR) is 148 cm³/mol. The molecule has 0 bridgehead atoms. The number of anilines is 2. The second kappa shape index (κ2) is 11.0. The van der Waals surface area contributed by atoms with Crippen LogP contribution in [0.25, 0.3) is 0 Å². The minimum atomic E-state index is -0.699. The molecule has 1 amide bonds. The molecule has 2 heterocycles. The highest BCUT2D eigenvalue weighted by atomic mass is 16.2. The fourth-order valence-corrected chi connectivity index (χ4v) is 4.31. The van der Waals surface area contributed by atoms with Crippen LogP contribution in [0.5, 0.6) is 0 Å². The van der Waals surface area contributed by atoms with Gasteiger partial charge in [0.05, 0.1) is 0 Å². The first kappa shape index (κ1) is 26.2. The van der Waals surface area contributed by atoms with Crippen molar-refractivity contribution in [2.24, 2.45) is 0 Å². The van der Waals surface area contributed by atoms with Gasteiger partial charge in [-0.1, -0.05) is 62.4 Å². The number of aromatic amines is 1. The Labute approximate surface area is 220 Å². The molecule has 4 aromatic rings. The molecule has 1 aliphatic rings. The summed E-state index contributed by atoms with van der Waals surface area (Å²) in [5.41, 5.74) is 7.17. The molecule has 10 heteroatoms. The number of hydrogen-bond acceptors (Lipinski definition) is 8. The lowest BCUT2D eigenvalue weighted by Crippen LogP contribution is -2.44. The second-order valence-electron chi connectivity index (χ2n) is 8.55. The molecular formula is C28H31N5O5. The molecule has 0 aliphatic carbocycles. The van der Waals surface area contributed by atoms with E-state index in [0.717, 1.165) is 22.9 Å². The molecule has 0 radical (unpaired) electrons. The third-order valence-electron chi connectivity index (χ3n) is 6.27. The van der Waals surface area contributed by atoms with E-state index in [1.54, 1.807) is 35.2 Å². The molecule has 0 saturated carbocycles. The van der Waals surface area contributed by atoms with Gasteiger partial charge in [0.15, 0.2) is 11.6 Å². The Morgan fingerprint density at radius 1 is 1.05 bits per heavy atom. The summed E-state index contributed by atoms with van der Waals surface area (Å²) in [5, 5.41) is 2.71. The number of carbonyl (C=O) groups excluding carboxylic acids is 2. The van der Waals surface area contributed by atoms with Gasteiger partial charge in [-0.3, -0.25) is 24.0 Å². The first-order valence-corrected chi connectivity index (χ1v) is 12.2. The molecule has 198 valence electrons. The molecule has 3 aromatic carbocycles. The standard InChI is InChI=1S/C26H21N5O5.C2H6.2H2/c27-19-20(23(34)22(19)33)31-9-8-15-7-6-14(10-17(15)13-31)11-29-26(36)24-28-12-18(25(35)30-24)21(32)16-4-2-1-3-5-16;1-2;;/h1-7,10,12H,8-9,11,13,27H2,(H,29,36)(H,28,30,35);1-2H3;2*1H. The summed E-state index contributed by atoms with van der Waals surface area (Å²) in [6.45, 7) is 5.18. The van der Waals surface area contributed by atoms with Crippen molar-refractivity contribution in [3.05, 3.63) is 119 Å². The molecule has 0 unspecified atom stereocenters. The van der Waals surface area contributed by atoms with Gasteiger partial charge in [-0.15, -0.1) is 0 Å². The van der Waals surface area contributed by atoms with Gasteiger partial charge in [-0.05, 0) is 23.1 Å². The number of nitrogens with two attached hydrogens (primary N) is 1. The number of hydrogen-bond donors (Lipinski definition) is 3. The average Bonchev–Trinajstić information content (AvgIpc) is 2.96. The molecule has 0 saturated heterocycles. The third-order valence-corrected chi connectivity index (χ3v) is 6.27. The van der Waals surface area contributed by atoms with Crippen molar-refractivity contribution in [1.82, 2.24) is 15.3 Å². The molecule has 38 heavy (non-hydrogen) atoms. The van der Waals surface area contributed by atoms with E-state index in [9.17, 15) is 24.0 Å². The van der Waals surface area contributed by atoms with Crippen LogP contribution in [0.15, 0.2) is 69.1 Å². The van der Waals surface area contributed by atoms with E-state index in [4.69, 9.17) is 5.73 Å². The molecule has 5 rings (SSSR count). The monoisotopic (exact) mass is 517 g/mol. The number of amides is 1. The van der Waals surface area contributed by atoms with E-state index in [-0.39, 0.29) is 32.2 Å². The largest absolute Gasteiger partial charge is 0.394 e. The quantitative estimate of drug-likeness (QED) is 0.260. The first-order chi connectivity index (χ1) is 18.3. The molecule has 4 N–H and O–H groups in total. The number of H-pyrrole nitrogens is 1. The zero-order chi connectivity index (χ0) is 27.4. The fourth-order valence-electron chi connectivity index (χ4n) is 4.31. The van der Waals surface area contributed by atoms with Crippen LogP contribution in [-0.2, 0) is 19.5 Å². The number of benzene rings is 2. The zero-order valence-electron chi connectivity index (χ0n) is 21.0.